The molecule has 4 heteroatoms. The maximum absolute atomic E-state index is 9.93. The maximum atomic E-state index is 9.93. The lowest BCUT2D eigenvalue weighted by Gasteiger charge is -2.16. The molecule has 1 atom stereocenters. The third kappa shape index (κ3) is 6.09. The van der Waals surface area contributed by atoms with Crippen LogP contribution in [0.1, 0.15) is 33.6 Å². The van der Waals surface area contributed by atoms with Gasteiger partial charge in [0.25, 0.3) is 0 Å². The van der Waals surface area contributed by atoms with Crippen molar-refractivity contribution < 1.29 is 4.84 Å². The van der Waals surface area contributed by atoms with Crippen molar-refractivity contribution in [3.8, 4) is 0 Å². The van der Waals surface area contributed by atoms with Crippen LogP contribution < -0.4 is 0 Å². The molecular weight excluding hydrogens is 156 g/mol. The Labute approximate surface area is 73.8 Å². The molecule has 0 bridgehead atoms. The summed E-state index contributed by atoms with van der Waals surface area (Å²) in [5, 5.41) is 3.58. The fraction of sp³-hybridized carbons (Fsp3) is 1.00. The van der Waals surface area contributed by atoms with E-state index < -0.39 is 0 Å². The molecular formula is C8H18N2O2. The third-order valence-corrected chi connectivity index (χ3v) is 1.60. The number of nitroso groups, excluding NO2 is 1. The lowest BCUT2D eigenvalue weighted by molar-refractivity contribution is -0.179. The summed E-state index contributed by atoms with van der Waals surface area (Å²) in [6.45, 7) is 6.26. The zero-order valence-corrected chi connectivity index (χ0v) is 8.28. The van der Waals surface area contributed by atoms with E-state index in [1.54, 1.807) is 0 Å². The lowest BCUT2D eigenvalue weighted by atomic mass is 10.1. The van der Waals surface area contributed by atoms with Crippen molar-refractivity contribution in [1.29, 1.82) is 0 Å². The number of hydroxylamine groups is 1. The topological polar surface area (TPSA) is 41.9 Å². The highest BCUT2D eigenvalue weighted by Gasteiger charge is 2.06. The first-order chi connectivity index (χ1) is 5.56. The lowest BCUT2D eigenvalue weighted by Crippen LogP contribution is -2.19. The molecule has 1 unspecified atom stereocenters. The van der Waals surface area contributed by atoms with Gasteiger partial charge < -0.3 is 0 Å². The molecule has 72 valence electrons. The van der Waals surface area contributed by atoms with Gasteiger partial charge in [-0.25, -0.2) is 0 Å². The smallest absolute Gasteiger partial charge is 0.0848 e. The van der Waals surface area contributed by atoms with Crippen molar-refractivity contribution in [2.24, 2.45) is 11.2 Å². The van der Waals surface area contributed by atoms with Gasteiger partial charge in [0.15, 0.2) is 0 Å². The standard InChI is InChI=1S/C8H18N2O2/c1-7(2)5-6-8(3)12-10(4)9-11/h7-8H,5-6H2,1-4H3. The number of hydrogen-bond donors (Lipinski definition) is 0. The van der Waals surface area contributed by atoms with Crippen LogP contribution >= 0.6 is 0 Å². The van der Waals surface area contributed by atoms with Crippen LogP contribution in [0.4, 0.5) is 0 Å². The van der Waals surface area contributed by atoms with Gasteiger partial charge in [-0.3, -0.25) is 4.84 Å². The molecule has 0 amide bonds. The van der Waals surface area contributed by atoms with Gasteiger partial charge in [-0.2, -0.15) is 0 Å². The molecule has 0 aromatic heterocycles. The van der Waals surface area contributed by atoms with Gasteiger partial charge in [0.2, 0.25) is 0 Å². The van der Waals surface area contributed by atoms with E-state index in [4.69, 9.17) is 4.84 Å². The van der Waals surface area contributed by atoms with Crippen LogP contribution in [0.5, 0.6) is 0 Å². The first kappa shape index (κ1) is 11.4. The molecule has 12 heavy (non-hydrogen) atoms. The maximum Gasteiger partial charge on any atom is 0.0848 e. The van der Waals surface area contributed by atoms with Crippen molar-refractivity contribution in [2.45, 2.75) is 39.7 Å². The summed E-state index contributed by atoms with van der Waals surface area (Å²) in [6, 6.07) is 0. The normalized spacial score (nSPS) is 13.1. The van der Waals surface area contributed by atoms with Crippen molar-refractivity contribution in [3.05, 3.63) is 4.91 Å². The zero-order chi connectivity index (χ0) is 9.56. The average molecular weight is 174 g/mol. The number of hydrogen-bond acceptors (Lipinski definition) is 3. The Kier molecular flexibility index (Phi) is 5.62. The fourth-order valence-electron chi connectivity index (χ4n) is 0.900. The molecule has 0 spiro atoms. The highest BCUT2D eigenvalue weighted by atomic mass is 16.7. The Hall–Kier alpha value is -0.640. The van der Waals surface area contributed by atoms with Gasteiger partial charge in [0, 0.05) is 0 Å². The highest BCUT2D eigenvalue weighted by Crippen LogP contribution is 2.09. The minimum Gasteiger partial charge on any atom is -0.251 e. The van der Waals surface area contributed by atoms with E-state index in [2.05, 4.69) is 19.1 Å². The quantitative estimate of drug-likeness (QED) is 0.458. The van der Waals surface area contributed by atoms with E-state index in [-0.39, 0.29) is 6.10 Å². The van der Waals surface area contributed by atoms with Crippen molar-refractivity contribution in [1.82, 2.24) is 5.17 Å². The fourth-order valence-corrected chi connectivity index (χ4v) is 0.900. The summed E-state index contributed by atoms with van der Waals surface area (Å²) < 4.78 is 0. The van der Waals surface area contributed by atoms with Gasteiger partial charge >= 0.3 is 0 Å². The third-order valence-electron chi connectivity index (χ3n) is 1.60. The van der Waals surface area contributed by atoms with Crippen LogP contribution in [0.15, 0.2) is 5.29 Å². The molecule has 0 heterocycles. The van der Waals surface area contributed by atoms with Crippen LogP contribution in [-0.2, 0) is 4.84 Å². The van der Waals surface area contributed by atoms with Crippen LogP contribution in [0.3, 0.4) is 0 Å². The molecule has 0 aliphatic carbocycles. The Morgan fingerprint density at radius 3 is 2.33 bits per heavy atom. The van der Waals surface area contributed by atoms with E-state index in [0.29, 0.717) is 5.92 Å². The van der Waals surface area contributed by atoms with Crippen molar-refractivity contribution in [2.75, 3.05) is 7.05 Å². The van der Waals surface area contributed by atoms with Crippen molar-refractivity contribution in [3.63, 3.8) is 0 Å². The molecule has 0 aliphatic heterocycles. The first-order valence-electron chi connectivity index (χ1n) is 4.30. The summed E-state index contributed by atoms with van der Waals surface area (Å²) in [6.07, 6.45) is 2.13. The first-order valence-corrected chi connectivity index (χ1v) is 4.30. The van der Waals surface area contributed by atoms with Crippen LogP contribution in [0.2, 0.25) is 0 Å². The van der Waals surface area contributed by atoms with E-state index in [9.17, 15) is 4.91 Å². The Morgan fingerprint density at radius 2 is 1.92 bits per heavy atom. The highest BCUT2D eigenvalue weighted by molar-refractivity contribution is 4.52. The molecule has 0 fully saturated rings. The van der Waals surface area contributed by atoms with Gasteiger partial charge in [0.1, 0.15) is 0 Å². The predicted octanol–water partition coefficient (Wildman–Crippen LogP) is 2.36. The number of nitrogens with zero attached hydrogens (tertiary/aromatic N) is 2. The van der Waals surface area contributed by atoms with Gasteiger partial charge in [-0.1, -0.05) is 13.8 Å². The molecule has 0 saturated heterocycles. The SMILES string of the molecule is CC(C)CCC(C)ON(C)N=O. The van der Waals surface area contributed by atoms with E-state index >= 15 is 0 Å². The van der Waals surface area contributed by atoms with Gasteiger partial charge in [-0.05, 0) is 25.7 Å². The van der Waals surface area contributed by atoms with E-state index in [1.165, 1.54) is 7.05 Å². The molecule has 0 radical (unpaired) electrons. The Morgan fingerprint density at radius 1 is 1.33 bits per heavy atom. The van der Waals surface area contributed by atoms with Crippen molar-refractivity contribution >= 4 is 0 Å². The molecule has 0 aliphatic rings. The molecule has 0 aromatic carbocycles. The summed E-state index contributed by atoms with van der Waals surface area (Å²) in [5.41, 5.74) is 0. The largest absolute Gasteiger partial charge is 0.251 e. The van der Waals surface area contributed by atoms with Gasteiger partial charge in [0.05, 0.1) is 18.4 Å². The molecule has 0 aromatic rings. The second-order valence-electron chi connectivity index (χ2n) is 3.43. The van der Waals surface area contributed by atoms with Crippen LogP contribution in [-0.4, -0.2) is 18.3 Å². The average Bonchev–Trinajstić information content (AvgIpc) is 2.00. The Balaban J connectivity index is 3.45. The summed E-state index contributed by atoms with van der Waals surface area (Å²) in [7, 11) is 1.50. The second kappa shape index (κ2) is 5.94. The second-order valence-corrected chi connectivity index (χ2v) is 3.43. The summed E-state index contributed by atoms with van der Waals surface area (Å²) in [5.74, 6) is 0.672. The summed E-state index contributed by atoms with van der Waals surface area (Å²) >= 11 is 0. The minimum atomic E-state index is 0.0649. The number of rotatable bonds is 6. The van der Waals surface area contributed by atoms with E-state index in [0.717, 1.165) is 18.0 Å². The van der Waals surface area contributed by atoms with Gasteiger partial charge in [-0.15, -0.1) is 10.1 Å². The molecule has 0 N–H and O–H groups in total. The molecule has 4 nitrogen and oxygen atoms in total. The predicted molar refractivity (Wildman–Crippen MR) is 48.2 cm³/mol. The monoisotopic (exact) mass is 174 g/mol. The van der Waals surface area contributed by atoms with Crippen LogP contribution in [0.25, 0.3) is 0 Å². The molecule has 0 rings (SSSR count). The molecule has 0 saturated carbocycles. The zero-order valence-electron chi connectivity index (χ0n) is 8.28. The summed E-state index contributed by atoms with van der Waals surface area (Å²) in [4.78, 5) is 15.0. The Bertz CT molecular complexity index is 128. The van der Waals surface area contributed by atoms with E-state index in [1.807, 2.05) is 6.92 Å². The van der Waals surface area contributed by atoms with Crippen LogP contribution in [0, 0.1) is 10.8 Å². The minimum absolute atomic E-state index is 0.0649.